The molecule has 1 aliphatic rings. The van der Waals surface area contributed by atoms with E-state index in [1.165, 1.54) is 0 Å². The molecule has 0 aromatic carbocycles. The molecule has 1 rings (SSSR count). The van der Waals surface area contributed by atoms with Gasteiger partial charge in [0.25, 0.3) is 5.97 Å². The number of hydrogen-bond acceptors (Lipinski definition) is 5. The monoisotopic (exact) mass is 178 g/mol. The number of rotatable bonds is 0. The number of carboxylic acids is 1. The van der Waals surface area contributed by atoms with Gasteiger partial charge >= 0.3 is 6.16 Å². The summed E-state index contributed by atoms with van der Waals surface area (Å²) in [4.78, 5) is 19.1. The summed E-state index contributed by atoms with van der Waals surface area (Å²) in [5, 5.41) is 16.0. The van der Waals surface area contributed by atoms with E-state index >= 15 is 0 Å². The predicted molar refractivity (Wildman–Crippen MR) is 36.4 cm³/mol. The Balaban J connectivity index is 0.000000261. The van der Waals surface area contributed by atoms with Crippen LogP contribution in [-0.2, 0) is 14.3 Å². The first-order chi connectivity index (χ1) is 5.52. The number of cyclic esters (lactones) is 2. The van der Waals surface area contributed by atoms with E-state index in [4.69, 9.17) is 15.0 Å². The number of aliphatic carboxylic acids is 1. The van der Waals surface area contributed by atoms with Gasteiger partial charge in [0.1, 0.15) is 6.61 Å². The molecular formula is C6H10O6. The van der Waals surface area contributed by atoms with Gasteiger partial charge in [-0.2, -0.15) is 0 Å². The van der Waals surface area contributed by atoms with Crippen LogP contribution < -0.4 is 0 Å². The Morgan fingerprint density at radius 1 is 1.67 bits per heavy atom. The Hall–Kier alpha value is -1.30. The summed E-state index contributed by atoms with van der Waals surface area (Å²) in [6.45, 7) is 1.33. The largest absolute Gasteiger partial charge is 0.510 e. The number of carbonyl (C=O) groups is 2. The van der Waals surface area contributed by atoms with Crippen molar-refractivity contribution in [1.82, 2.24) is 0 Å². The Morgan fingerprint density at radius 3 is 2.42 bits per heavy atom. The van der Waals surface area contributed by atoms with Crippen LogP contribution >= 0.6 is 0 Å². The van der Waals surface area contributed by atoms with Crippen LogP contribution in [0.4, 0.5) is 4.79 Å². The molecule has 1 atom stereocenters. The summed E-state index contributed by atoms with van der Waals surface area (Å²) in [5.41, 5.74) is 0. The van der Waals surface area contributed by atoms with Crippen LogP contribution in [0.25, 0.3) is 0 Å². The Morgan fingerprint density at radius 2 is 2.17 bits per heavy atom. The van der Waals surface area contributed by atoms with E-state index in [2.05, 4.69) is 9.47 Å². The zero-order valence-corrected chi connectivity index (χ0v) is 6.52. The highest BCUT2D eigenvalue weighted by atomic mass is 16.8. The van der Waals surface area contributed by atoms with E-state index in [1.54, 1.807) is 0 Å². The SMILES string of the molecule is CC(=O)O.O=C1OCCC(O)O1. The molecule has 12 heavy (non-hydrogen) atoms. The molecule has 0 spiro atoms. The lowest BCUT2D eigenvalue weighted by Gasteiger charge is -2.16. The zero-order valence-electron chi connectivity index (χ0n) is 6.52. The van der Waals surface area contributed by atoms with Gasteiger partial charge in [0.05, 0.1) is 0 Å². The molecule has 0 aromatic heterocycles. The summed E-state index contributed by atoms with van der Waals surface area (Å²) in [5.74, 6) is -0.833. The van der Waals surface area contributed by atoms with Gasteiger partial charge in [0.15, 0.2) is 0 Å². The molecule has 2 N–H and O–H groups in total. The van der Waals surface area contributed by atoms with Crippen LogP contribution in [0.5, 0.6) is 0 Å². The summed E-state index contributed by atoms with van der Waals surface area (Å²) in [7, 11) is 0. The molecule has 1 aliphatic heterocycles. The van der Waals surface area contributed by atoms with Crippen LogP contribution in [0, 0.1) is 0 Å². The average molecular weight is 178 g/mol. The first kappa shape index (κ1) is 10.7. The number of aliphatic hydroxyl groups is 1. The first-order valence-corrected chi connectivity index (χ1v) is 3.23. The van der Waals surface area contributed by atoms with Crippen molar-refractivity contribution in [1.29, 1.82) is 0 Å². The van der Waals surface area contributed by atoms with Gasteiger partial charge in [-0.15, -0.1) is 0 Å². The van der Waals surface area contributed by atoms with E-state index in [0.29, 0.717) is 6.42 Å². The van der Waals surface area contributed by atoms with Crippen LogP contribution in [0.15, 0.2) is 0 Å². The van der Waals surface area contributed by atoms with Crippen molar-refractivity contribution in [2.75, 3.05) is 6.61 Å². The highest BCUT2D eigenvalue weighted by Gasteiger charge is 2.17. The number of aliphatic hydroxyl groups excluding tert-OH is 1. The zero-order chi connectivity index (χ0) is 9.56. The van der Waals surface area contributed by atoms with Crippen molar-refractivity contribution >= 4 is 12.1 Å². The van der Waals surface area contributed by atoms with Crippen molar-refractivity contribution in [3.8, 4) is 0 Å². The topological polar surface area (TPSA) is 93.1 Å². The lowest BCUT2D eigenvalue weighted by atomic mass is 10.4. The molecule has 6 nitrogen and oxygen atoms in total. The number of ether oxygens (including phenoxy) is 2. The fourth-order valence-electron chi connectivity index (χ4n) is 0.447. The molecule has 1 unspecified atom stereocenters. The van der Waals surface area contributed by atoms with Gasteiger partial charge in [-0.05, 0) is 0 Å². The molecule has 0 bridgehead atoms. The fourth-order valence-corrected chi connectivity index (χ4v) is 0.447. The van der Waals surface area contributed by atoms with Crippen molar-refractivity contribution in [3.63, 3.8) is 0 Å². The molecule has 6 heteroatoms. The first-order valence-electron chi connectivity index (χ1n) is 3.23. The highest BCUT2D eigenvalue weighted by molar-refractivity contribution is 5.63. The molecule has 0 aliphatic carbocycles. The Labute approximate surface area is 68.7 Å². The van der Waals surface area contributed by atoms with Crippen LogP contribution in [0.2, 0.25) is 0 Å². The second kappa shape index (κ2) is 5.36. The van der Waals surface area contributed by atoms with Gasteiger partial charge < -0.3 is 19.7 Å². The van der Waals surface area contributed by atoms with Crippen molar-refractivity contribution in [2.45, 2.75) is 19.6 Å². The van der Waals surface area contributed by atoms with E-state index in [0.717, 1.165) is 6.92 Å². The van der Waals surface area contributed by atoms with Gasteiger partial charge in [0.2, 0.25) is 6.29 Å². The summed E-state index contributed by atoms with van der Waals surface area (Å²) in [6, 6.07) is 0. The second-order valence-electron chi connectivity index (χ2n) is 1.98. The molecular weight excluding hydrogens is 168 g/mol. The fraction of sp³-hybridized carbons (Fsp3) is 0.667. The quantitative estimate of drug-likeness (QED) is 0.505. The predicted octanol–water partition coefficient (Wildman–Crippen LogP) is -0.0474. The minimum absolute atomic E-state index is 0.250. The second-order valence-corrected chi connectivity index (χ2v) is 1.98. The molecule has 1 fully saturated rings. The maximum absolute atomic E-state index is 10.1. The minimum Gasteiger partial charge on any atom is -0.481 e. The van der Waals surface area contributed by atoms with Crippen molar-refractivity contribution in [3.05, 3.63) is 0 Å². The summed E-state index contributed by atoms with van der Waals surface area (Å²) >= 11 is 0. The van der Waals surface area contributed by atoms with Gasteiger partial charge in [-0.3, -0.25) is 4.79 Å². The minimum atomic E-state index is -0.962. The maximum Gasteiger partial charge on any atom is 0.510 e. The average Bonchev–Trinajstić information content (AvgIpc) is 1.84. The van der Waals surface area contributed by atoms with Crippen LogP contribution in [-0.4, -0.2) is 35.2 Å². The van der Waals surface area contributed by atoms with Crippen molar-refractivity contribution < 1.29 is 29.3 Å². The molecule has 70 valence electrons. The van der Waals surface area contributed by atoms with Gasteiger partial charge in [0, 0.05) is 13.3 Å². The third kappa shape index (κ3) is 6.81. The Bertz CT molecular complexity index is 161. The lowest BCUT2D eigenvalue weighted by Crippen LogP contribution is -2.26. The van der Waals surface area contributed by atoms with E-state index < -0.39 is 18.4 Å². The highest BCUT2D eigenvalue weighted by Crippen LogP contribution is 2.03. The number of carbonyl (C=O) groups excluding carboxylic acids is 1. The van der Waals surface area contributed by atoms with Crippen molar-refractivity contribution in [2.24, 2.45) is 0 Å². The maximum atomic E-state index is 10.1. The molecule has 0 radical (unpaired) electrons. The third-order valence-electron chi connectivity index (χ3n) is 0.817. The van der Waals surface area contributed by atoms with Crippen LogP contribution in [0.3, 0.4) is 0 Å². The summed E-state index contributed by atoms with van der Waals surface area (Å²) < 4.78 is 8.51. The molecule has 0 amide bonds. The standard InChI is InChI=1S/C4H6O4.C2H4O2/c5-3-1-2-7-4(6)8-3;1-2(3)4/h3,5H,1-2H2;1H3,(H,3,4). The van der Waals surface area contributed by atoms with Crippen LogP contribution in [0.1, 0.15) is 13.3 Å². The number of hydrogen-bond donors (Lipinski definition) is 2. The molecule has 0 saturated carbocycles. The van der Waals surface area contributed by atoms with Gasteiger partial charge in [-0.1, -0.05) is 0 Å². The molecule has 0 aromatic rings. The smallest absolute Gasteiger partial charge is 0.481 e. The van der Waals surface area contributed by atoms with E-state index in [9.17, 15) is 4.79 Å². The number of carboxylic acid groups (broad SMARTS) is 1. The molecule has 1 heterocycles. The Kier molecular flexibility index (Phi) is 4.78. The van der Waals surface area contributed by atoms with E-state index in [1.807, 2.05) is 0 Å². The third-order valence-corrected chi connectivity index (χ3v) is 0.817. The van der Waals surface area contributed by atoms with Gasteiger partial charge in [-0.25, -0.2) is 4.79 Å². The summed E-state index contributed by atoms with van der Waals surface area (Å²) in [6.07, 6.45) is -1.38. The molecule has 1 saturated heterocycles. The van der Waals surface area contributed by atoms with E-state index in [-0.39, 0.29) is 6.61 Å². The normalized spacial score (nSPS) is 21.2. The lowest BCUT2D eigenvalue weighted by molar-refractivity contribution is -0.134.